The summed E-state index contributed by atoms with van der Waals surface area (Å²) in [7, 11) is -3.68. The lowest BCUT2D eigenvalue weighted by Gasteiger charge is -2.11. The van der Waals surface area contributed by atoms with Crippen molar-refractivity contribution in [3.05, 3.63) is 60.4 Å². The molecular weight excluding hydrogens is 366 g/mol. The van der Waals surface area contributed by atoms with Crippen molar-refractivity contribution in [3.8, 4) is 5.75 Å². The lowest BCUT2D eigenvalue weighted by molar-refractivity contribution is 0.242. The van der Waals surface area contributed by atoms with Gasteiger partial charge in [0.05, 0.1) is 11.0 Å². The quantitative estimate of drug-likeness (QED) is 0.627. The summed E-state index contributed by atoms with van der Waals surface area (Å²) in [6.45, 7) is 5.63. The fourth-order valence-corrected chi connectivity index (χ4v) is 3.44. The molecule has 0 aliphatic rings. The van der Waals surface area contributed by atoms with Crippen molar-refractivity contribution in [2.45, 2.75) is 31.8 Å². The minimum atomic E-state index is -3.68. The standard InChI is InChI=1S/C19H21N3O4S/c1-13(2)25-17-8-10-18(11-9-17)27(23,24)22-16-6-4-15(5-7-16)20-19-12-14(3)26-21-19/h4-13,22H,1-3H3,(H,20,21). The first-order chi connectivity index (χ1) is 12.8. The third-order valence-electron chi connectivity index (χ3n) is 3.54. The van der Waals surface area contributed by atoms with Gasteiger partial charge in [-0.15, -0.1) is 0 Å². The topological polar surface area (TPSA) is 93.5 Å². The highest BCUT2D eigenvalue weighted by atomic mass is 32.2. The third-order valence-corrected chi connectivity index (χ3v) is 4.94. The minimum absolute atomic E-state index is 0.0267. The number of sulfonamides is 1. The molecule has 0 bridgehead atoms. The summed E-state index contributed by atoms with van der Waals surface area (Å²) in [5.74, 6) is 1.92. The highest BCUT2D eigenvalue weighted by Crippen LogP contribution is 2.22. The van der Waals surface area contributed by atoms with Crippen molar-refractivity contribution in [2.75, 3.05) is 10.0 Å². The van der Waals surface area contributed by atoms with Crippen molar-refractivity contribution >= 4 is 27.2 Å². The fourth-order valence-electron chi connectivity index (χ4n) is 2.38. The van der Waals surface area contributed by atoms with Crippen LogP contribution in [-0.2, 0) is 10.0 Å². The van der Waals surface area contributed by atoms with E-state index in [1.807, 2.05) is 13.8 Å². The molecule has 2 N–H and O–H groups in total. The molecule has 7 nitrogen and oxygen atoms in total. The normalized spacial score (nSPS) is 11.4. The highest BCUT2D eigenvalue weighted by molar-refractivity contribution is 7.92. The number of benzene rings is 2. The molecule has 0 spiro atoms. The molecule has 0 atom stereocenters. The zero-order valence-corrected chi connectivity index (χ0v) is 16.1. The van der Waals surface area contributed by atoms with Crippen LogP contribution in [0, 0.1) is 6.92 Å². The van der Waals surface area contributed by atoms with Gasteiger partial charge in [-0.05, 0) is 69.3 Å². The second-order valence-electron chi connectivity index (χ2n) is 6.27. The Morgan fingerprint density at radius 3 is 2.19 bits per heavy atom. The minimum Gasteiger partial charge on any atom is -0.491 e. The summed E-state index contributed by atoms with van der Waals surface area (Å²) < 4.78 is 38.1. The average molecular weight is 387 g/mol. The zero-order chi connectivity index (χ0) is 19.4. The maximum atomic E-state index is 12.5. The first kappa shape index (κ1) is 18.8. The van der Waals surface area contributed by atoms with Crippen molar-refractivity contribution in [2.24, 2.45) is 0 Å². The van der Waals surface area contributed by atoms with E-state index in [1.165, 1.54) is 12.1 Å². The molecule has 8 heteroatoms. The van der Waals surface area contributed by atoms with Crippen molar-refractivity contribution in [3.63, 3.8) is 0 Å². The van der Waals surface area contributed by atoms with Crippen LogP contribution < -0.4 is 14.8 Å². The van der Waals surface area contributed by atoms with Gasteiger partial charge in [-0.3, -0.25) is 4.72 Å². The molecule has 0 saturated carbocycles. The smallest absolute Gasteiger partial charge is 0.261 e. The molecule has 1 aromatic heterocycles. The lowest BCUT2D eigenvalue weighted by Crippen LogP contribution is -2.13. The van der Waals surface area contributed by atoms with Gasteiger partial charge in [-0.2, -0.15) is 0 Å². The average Bonchev–Trinajstić information content (AvgIpc) is 3.01. The molecule has 3 aromatic rings. The SMILES string of the molecule is Cc1cc(Nc2ccc(NS(=O)(=O)c3ccc(OC(C)C)cc3)cc2)no1. The van der Waals surface area contributed by atoms with E-state index in [-0.39, 0.29) is 11.0 Å². The largest absolute Gasteiger partial charge is 0.491 e. The number of aromatic nitrogens is 1. The second kappa shape index (κ2) is 7.71. The van der Waals surface area contributed by atoms with E-state index in [0.29, 0.717) is 23.0 Å². The highest BCUT2D eigenvalue weighted by Gasteiger charge is 2.14. The van der Waals surface area contributed by atoms with Gasteiger partial charge < -0.3 is 14.6 Å². The van der Waals surface area contributed by atoms with Crippen LogP contribution in [0.25, 0.3) is 0 Å². The van der Waals surface area contributed by atoms with Crippen molar-refractivity contribution in [1.29, 1.82) is 0 Å². The van der Waals surface area contributed by atoms with Gasteiger partial charge in [0.1, 0.15) is 11.5 Å². The van der Waals surface area contributed by atoms with Crippen LogP contribution in [0.1, 0.15) is 19.6 Å². The third kappa shape index (κ3) is 5.01. The molecule has 0 fully saturated rings. The van der Waals surface area contributed by atoms with E-state index in [9.17, 15) is 8.42 Å². The summed E-state index contributed by atoms with van der Waals surface area (Å²) in [6, 6.07) is 14.9. The van der Waals surface area contributed by atoms with E-state index in [1.54, 1.807) is 49.4 Å². The summed E-state index contributed by atoms with van der Waals surface area (Å²) in [5, 5.41) is 6.92. The van der Waals surface area contributed by atoms with Gasteiger partial charge >= 0.3 is 0 Å². The number of ether oxygens (including phenoxy) is 1. The maximum absolute atomic E-state index is 12.5. The Morgan fingerprint density at radius 2 is 1.63 bits per heavy atom. The van der Waals surface area contributed by atoms with E-state index < -0.39 is 10.0 Å². The van der Waals surface area contributed by atoms with Crippen LogP contribution in [0.4, 0.5) is 17.2 Å². The Balaban J connectivity index is 1.68. The van der Waals surface area contributed by atoms with Crippen LogP contribution in [0.15, 0.2) is 64.0 Å². The molecule has 27 heavy (non-hydrogen) atoms. The number of anilines is 3. The van der Waals surface area contributed by atoms with Gasteiger partial charge in [0.15, 0.2) is 5.82 Å². The summed E-state index contributed by atoms with van der Waals surface area (Å²) in [6.07, 6.45) is 0.0267. The Bertz CT molecular complexity index is 994. The van der Waals surface area contributed by atoms with Gasteiger partial charge in [-0.1, -0.05) is 5.16 Å². The van der Waals surface area contributed by atoms with Crippen molar-refractivity contribution in [1.82, 2.24) is 5.16 Å². The summed E-state index contributed by atoms with van der Waals surface area (Å²) in [5.41, 5.74) is 1.22. The number of hydrogen-bond acceptors (Lipinski definition) is 6. The van der Waals surface area contributed by atoms with E-state index in [4.69, 9.17) is 9.26 Å². The molecule has 0 radical (unpaired) electrons. The molecule has 3 rings (SSSR count). The van der Waals surface area contributed by atoms with Gasteiger partial charge in [0, 0.05) is 17.4 Å². The summed E-state index contributed by atoms with van der Waals surface area (Å²) >= 11 is 0. The maximum Gasteiger partial charge on any atom is 0.261 e. The number of aryl methyl sites for hydroxylation is 1. The molecule has 0 saturated heterocycles. The summed E-state index contributed by atoms with van der Waals surface area (Å²) in [4.78, 5) is 0.166. The monoisotopic (exact) mass is 387 g/mol. The van der Waals surface area contributed by atoms with Gasteiger partial charge in [0.25, 0.3) is 10.0 Å². The molecule has 2 aromatic carbocycles. The van der Waals surface area contributed by atoms with Crippen LogP contribution in [0.2, 0.25) is 0 Å². The lowest BCUT2D eigenvalue weighted by atomic mass is 10.3. The second-order valence-corrected chi connectivity index (χ2v) is 7.95. The van der Waals surface area contributed by atoms with Gasteiger partial charge in [0.2, 0.25) is 0 Å². The first-order valence-electron chi connectivity index (χ1n) is 8.42. The van der Waals surface area contributed by atoms with E-state index in [0.717, 1.165) is 5.69 Å². The Kier molecular flexibility index (Phi) is 5.36. The Labute approximate surface area is 158 Å². The number of hydrogen-bond donors (Lipinski definition) is 2. The molecule has 0 aliphatic heterocycles. The number of nitrogens with one attached hydrogen (secondary N) is 2. The predicted molar refractivity (Wildman–Crippen MR) is 104 cm³/mol. The predicted octanol–water partition coefficient (Wildman–Crippen LogP) is 4.31. The van der Waals surface area contributed by atoms with E-state index >= 15 is 0 Å². The first-order valence-corrected chi connectivity index (χ1v) is 9.90. The van der Waals surface area contributed by atoms with Crippen LogP contribution >= 0.6 is 0 Å². The molecule has 0 amide bonds. The molecule has 142 valence electrons. The van der Waals surface area contributed by atoms with Crippen LogP contribution in [-0.4, -0.2) is 19.7 Å². The van der Waals surface area contributed by atoms with Gasteiger partial charge in [-0.25, -0.2) is 8.42 Å². The molecular formula is C19H21N3O4S. The molecule has 1 heterocycles. The van der Waals surface area contributed by atoms with E-state index in [2.05, 4.69) is 15.2 Å². The number of rotatable bonds is 7. The Morgan fingerprint density at radius 1 is 1.00 bits per heavy atom. The van der Waals surface area contributed by atoms with Crippen LogP contribution in [0.3, 0.4) is 0 Å². The van der Waals surface area contributed by atoms with Crippen molar-refractivity contribution < 1.29 is 17.7 Å². The molecule has 0 unspecified atom stereocenters. The Hall–Kier alpha value is -3.00. The number of nitrogens with zero attached hydrogens (tertiary/aromatic N) is 1. The fraction of sp³-hybridized carbons (Fsp3) is 0.211. The zero-order valence-electron chi connectivity index (χ0n) is 15.3. The molecule has 0 aliphatic carbocycles. The van der Waals surface area contributed by atoms with Crippen LogP contribution in [0.5, 0.6) is 5.75 Å².